The van der Waals surface area contributed by atoms with Crippen molar-refractivity contribution in [1.29, 1.82) is 0 Å². The van der Waals surface area contributed by atoms with Crippen molar-refractivity contribution in [2.75, 3.05) is 16.8 Å². The topological polar surface area (TPSA) is 105 Å². The summed E-state index contributed by atoms with van der Waals surface area (Å²) in [4.78, 5) is 37.6. The highest BCUT2D eigenvalue weighted by Crippen LogP contribution is 2.20. The molecule has 0 bridgehead atoms. The minimum Gasteiger partial charge on any atom is -0.332 e. The van der Waals surface area contributed by atoms with Crippen LogP contribution in [-0.2, 0) is 0 Å². The standard InChI is InChI=1S/C23H20N4O4S/c1-2-26(18-11-4-3-5-12-18)22(29)16-9-8-10-17(15-16)24-23(32)25-21(28)19-13-6-7-14-20(19)27(30)31/h3-15H,2H2,1H3,(H2,24,25,28,32). The zero-order valence-electron chi connectivity index (χ0n) is 17.1. The number of nitrogens with zero attached hydrogens (tertiary/aromatic N) is 2. The highest BCUT2D eigenvalue weighted by Gasteiger charge is 2.20. The fourth-order valence-electron chi connectivity index (χ4n) is 3.09. The van der Waals surface area contributed by atoms with Crippen LogP contribution in [0, 0.1) is 10.1 Å². The molecule has 0 aromatic heterocycles. The van der Waals surface area contributed by atoms with E-state index >= 15 is 0 Å². The summed E-state index contributed by atoms with van der Waals surface area (Å²) in [6.07, 6.45) is 0. The molecule has 0 aliphatic rings. The SMILES string of the molecule is CCN(C(=O)c1cccc(NC(=S)NC(=O)c2ccccc2[N+](=O)[O-])c1)c1ccccc1. The van der Waals surface area contributed by atoms with Crippen LogP contribution in [-0.4, -0.2) is 28.4 Å². The molecule has 0 aliphatic carbocycles. The summed E-state index contributed by atoms with van der Waals surface area (Å²) in [7, 11) is 0. The first-order chi connectivity index (χ1) is 15.4. The molecule has 3 aromatic carbocycles. The van der Waals surface area contributed by atoms with Gasteiger partial charge in [-0.1, -0.05) is 36.4 Å². The van der Waals surface area contributed by atoms with E-state index in [2.05, 4.69) is 10.6 Å². The molecule has 2 amide bonds. The van der Waals surface area contributed by atoms with Crippen LogP contribution in [0.4, 0.5) is 17.1 Å². The minimum atomic E-state index is -0.705. The van der Waals surface area contributed by atoms with E-state index in [-0.39, 0.29) is 22.3 Å². The molecule has 9 heteroatoms. The lowest BCUT2D eigenvalue weighted by Gasteiger charge is -2.21. The van der Waals surface area contributed by atoms with Gasteiger partial charge >= 0.3 is 0 Å². The Morgan fingerprint density at radius 2 is 1.69 bits per heavy atom. The van der Waals surface area contributed by atoms with Crippen LogP contribution >= 0.6 is 12.2 Å². The molecule has 0 saturated carbocycles. The van der Waals surface area contributed by atoms with Crippen molar-refractivity contribution in [2.24, 2.45) is 0 Å². The van der Waals surface area contributed by atoms with Gasteiger partial charge in [-0.15, -0.1) is 0 Å². The van der Waals surface area contributed by atoms with Crippen molar-refractivity contribution in [3.8, 4) is 0 Å². The number of nitrogens with one attached hydrogen (secondary N) is 2. The second-order valence-corrected chi connectivity index (χ2v) is 7.06. The second-order valence-electron chi connectivity index (χ2n) is 6.65. The Hall–Kier alpha value is -4.11. The van der Waals surface area contributed by atoms with Gasteiger partial charge in [-0.05, 0) is 55.5 Å². The fraction of sp³-hybridized carbons (Fsp3) is 0.0870. The van der Waals surface area contributed by atoms with Gasteiger partial charge in [-0.3, -0.25) is 25.0 Å². The fourth-order valence-corrected chi connectivity index (χ4v) is 3.31. The molecule has 0 radical (unpaired) electrons. The number of carbonyl (C=O) groups excluding carboxylic acids is 2. The van der Waals surface area contributed by atoms with E-state index in [1.54, 1.807) is 29.2 Å². The summed E-state index contributed by atoms with van der Waals surface area (Å²) in [5, 5.41) is 16.4. The minimum absolute atomic E-state index is 0.0480. The van der Waals surface area contributed by atoms with Gasteiger partial charge in [-0.25, -0.2) is 0 Å². The van der Waals surface area contributed by atoms with Crippen molar-refractivity contribution in [3.05, 3.63) is 100 Å². The van der Waals surface area contributed by atoms with E-state index in [4.69, 9.17) is 12.2 Å². The number of amides is 2. The van der Waals surface area contributed by atoms with Gasteiger partial charge in [0.25, 0.3) is 17.5 Å². The van der Waals surface area contributed by atoms with E-state index in [1.807, 2.05) is 37.3 Å². The quantitative estimate of drug-likeness (QED) is 0.329. The number of nitro groups is 1. The maximum Gasteiger partial charge on any atom is 0.282 e. The Morgan fingerprint density at radius 1 is 1.00 bits per heavy atom. The lowest BCUT2D eigenvalue weighted by molar-refractivity contribution is -0.385. The van der Waals surface area contributed by atoms with Crippen LogP contribution in [0.2, 0.25) is 0 Å². The largest absolute Gasteiger partial charge is 0.332 e. The van der Waals surface area contributed by atoms with Crippen LogP contribution < -0.4 is 15.5 Å². The molecule has 0 saturated heterocycles. The number of hydrogen-bond acceptors (Lipinski definition) is 5. The normalized spacial score (nSPS) is 10.2. The first kappa shape index (κ1) is 22.6. The molecule has 0 spiro atoms. The highest BCUT2D eigenvalue weighted by atomic mass is 32.1. The smallest absolute Gasteiger partial charge is 0.282 e. The van der Waals surface area contributed by atoms with E-state index in [0.29, 0.717) is 17.8 Å². The van der Waals surface area contributed by atoms with E-state index in [0.717, 1.165) is 5.69 Å². The van der Waals surface area contributed by atoms with Crippen molar-refractivity contribution >= 4 is 46.2 Å². The average Bonchev–Trinajstić information content (AvgIpc) is 2.80. The van der Waals surface area contributed by atoms with E-state index in [1.165, 1.54) is 24.3 Å². The van der Waals surface area contributed by atoms with Gasteiger partial charge in [-0.2, -0.15) is 0 Å². The van der Waals surface area contributed by atoms with Gasteiger partial charge in [0.05, 0.1) is 4.92 Å². The summed E-state index contributed by atoms with van der Waals surface area (Å²) < 4.78 is 0. The van der Waals surface area contributed by atoms with E-state index in [9.17, 15) is 19.7 Å². The van der Waals surface area contributed by atoms with Crippen LogP contribution in [0.25, 0.3) is 0 Å². The molecule has 162 valence electrons. The van der Waals surface area contributed by atoms with Crippen LogP contribution in [0.3, 0.4) is 0 Å². The summed E-state index contributed by atoms with van der Waals surface area (Å²) in [6, 6.07) is 21.6. The van der Waals surface area contributed by atoms with E-state index < -0.39 is 10.8 Å². The third-order valence-corrected chi connectivity index (χ3v) is 4.77. The van der Waals surface area contributed by atoms with Crippen LogP contribution in [0.5, 0.6) is 0 Å². The van der Waals surface area contributed by atoms with Gasteiger partial charge < -0.3 is 10.2 Å². The van der Waals surface area contributed by atoms with Crippen molar-refractivity contribution in [1.82, 2.24) is 5.32 Å². The van der Waals surface area contributed by atoms with Crippen LogP contribution in [0.15, 0.2) is 78.9 Å². The summed E-state index contributed by atoms with van der Waals surface area (Å²) in [6.45, 7) is 2.38. The number of anilines is 2. The summed E-state index contributed by atoms with van der Waals surface area (Å²) in [5.41, 5.74) is 1.29. The molecular weight excluding hydrogens is 428 g/mol. The van der Waals surface area contributed by atoms with Crippen molar-refractivity contribution < 1.29 is 14.5 Å². The number of carbonyl (C=O) groups is 2. The molecule has 0 heterocycles. The van der Waals surface area contributed by atoms with Gasteiger partial charge in [0.1, 0.15) is 5.56 Å². The number of thiocarbonyl (C=S) groups is 1. The molecule has 2 N–H and O–H groups in total. The Morgan fingerprint density at radius 3 is 2.38 bits per heavy atom. The number of nitro benzene ring substituents is 1. The van der Waals surface area contributed by atoms with Gasteiger partial charge in [0, 0.05) is 29.5 Å². The summed E-state index contributed by atoms with van der Waals surface area (Å²) >= 11 is 5.17. The van der Waals surface area contributed by atoms with Gasteiger partial charge in [0.15, 0.2) is 5.11 Å². The first-order valence-corrected chi connectivity index (χ1v) is 10.1. The second kappa shape index (κ2) is 10.3. The number of rotatable bonds is 6. The monoisotopic (exact) mass is 448 g/mol. The molecule has 0 atom stereocenters. The zero-order valence-corrected chi connectivity index (χ0v) is 18.0. The predicted molar refractivity (Wildman–Crippen MR) is 127 cm³/mol. The molecular formula is C23H20N4O4S. The lowest BCUT2D eigenvalue weighted by atomic mass is 10.1. The number of para-hydroxylation sites is 2. The maximum absolute atomic E-state index is 13.0. The molecule has 32 heavy (non-hydrogen) atoms. The third kappa shape index (κ3) is 5.32. The molecule has 0 fully saturated rings. The maximum atomic E-state index is 13.0. The summed E-state index contributed by atoms with van der Waals surface area (Å²) in [5.74, 6) is -0.888. The zero-order chi connectivity index (χ0) is 23.1. The average molecular weight is 449 g/mol. The molecule has 8 nitrogen and oxygen atoms in total. The Balaban J connectivity index is 1.72. The lowest BCUT2D eigenvalue weighted by Crippen LogP contribution is -2.34. The van der Waals surface area contributed by atoms with Crippen molar-refractivity contribution in [2.45, 2.75) is 6.92 Å². The van der Waals surface area contributed by atoms with Crippen LogP contribution in [0.1, 0.15) is 27.6 Å². The Kier molecular flexibility index (Phi) is 7.25. The van der Waals surface area contributed by atoms with Gasteiger partial charge in [0.2, 0.25) is 0 Å². The Bertz CT molecular complexity index is 1170. The van der Waals surface area contributed by atoms with Crippen molar-refractivity contribution in [3.63, 3.8) is 0 Å². The molecule has 3 rings (SSSR count). The number of hydrogen-bond donors (Lipinski definition) is 2. The molecule has 0 unspecified atom stereocenters. The highest BCUT2D eigenvalue weighted by molar-refractivity contribution is 7.80. The Labute approximate surface area is 190 Å². The molecule has 0 aliphatic heterocycles. The third-order valence-electron chi connectivity index (χ3n) is 4.57. The predicted octanol–water partition coefficient (Wildman–Crippen LogP) is 4.39. The molecule has 3 aromatic rings. The number of benzene rings is 3. The first-order valence-electron chi connectivity index (χ1n) is 9.73.